The van der Waals surface area contributed by atoms with Crippen LogP contribution in [0.3, 0.4) is 0 Å². The van der Waals surface area contributed by atoms with Gasteiger partial charge in [-0.2, -0.15) is 0 Å². The van der Waals surface area contributed by atoms with E-state index in [1.54, 1.807) is 12.1 Å². The van der Waals surface area contributed by atoms with Crippen LogP contribution in [0, 0.1) is 5.41 Å². The SMILES string of the molecule is O=C(NCC1(CCl)CCCC1)c1cccc(Br)c1Cl. The van der Waals surface area contributed by atoms with E-state index in [0.717, 1.165) is 17.3 Å². The normalized spacial score (nSPS) is 17.4. The van der Waals surface area contributed by atoms with Gasteiger partial charge in [-0.15, -0.1) is 11.6 Å². The highest BCUT2D eigenvalue weighted by Gasteiger charge is 2.33. The molecule has 19 heavy (non-hydrogen) atoms. The van der Waals surface area contributed by atoms with Crippen molar-refractivity contribution in [3.8, 4) is 0 Å². The van der Waals surface area contributed by atoms with Gasteiger partial charge in [-0.1, -0.05) is 30.5 Å². The summed E-state index contributed by atoms with van der Waals surface area (Å²) in [6, 6.07) is 5.35. The lowest BCUT2D eigenvalue weighted by molar-refractivity contribution is 0.0935. The van der Waals surface area contributed by atoms with E-state index in [0.29, 0.717) is 23.0 Å². The van der Waals surface area contributed by atoms with Gasteiger partial charge in [0, 0.05) is 22.3 Å². The lowest BCUT2D eigenvalue weighted by atomic mass is 9.88. The summed E-state index contributed by atoms with van der Waals surface area (Å²) in [4.78, 5) is 12.2. The van der Waals surface area contributed by atoms with Crippen LogP contribution in [0.15, 0.2) is 22.7 Å². The zero-order chi connectivity index (χ0) is 13.9. The van der Waals surface area contributed by atoms with Crippen LogP contribution in [-0.4, -0.2) is 18.3 Å². The van der Waals surface area contributed by atoms with Gasteiger partial charge in [-0.3, -0.25) is 4.79 Å². The molecule has 1 aliphatic carbocycles. The Bertz CT molecular complexity index is 473. The molecule has 1 saturated carbocycles. The Balaban J connectivity index is 2.03. The highest BCUT2D eigenvalue weighted by atomic mass is 79.9. The van der Waals surface area contributed by atoms with Gasteiger partial charge in [0.05, 0.1) is 10.6 Å². The van der Waals surface area contributed by atoms with E-state index in [1.807, 2.05) is 6.07 Å². The minimum atomic E-state index is -0.136. The number of amides is 1. The summed E-state index contributed by atoms with van der Waals surface area (Å²) in [6.45, 7) is 0.623. The van der Waals surface area contributed by atoms with Crippen LogP contribution in [0.5, 0.6) is 0 Å². The van der Waals surface area contributed by atoms with Gasteiger partial charge in [0.2, 0.25) is 0 Å². The molecule has 1 amide bonds. The van der Waals surface area contributed by atoms with Crippen LogP contribution in [0.4, 0.5) is 0 Å². The average Bonchev–Trinajstić information content (AvgIpc) is 2.89. The molecule has 1 N–H and O–H groups in total. The largest absolute Gasteiger partial charge is 0.351 e. The first kappa shape index (κ1) is 15.1. The third kappa shape index (κ3) is 3.45. The second-order valence-electron chi connectivity index (χ2n) is 5.12. The fraction of sp³-hybridized carbons (Fsp3) is 0.500. The molecule has 0 aromatic heterocycles. The molecule has 2 rings (SSSR count). The number of carbonyl (C=O) groups is 1. The summed E-state index contributed by atoms with van der Waals surface area (Å²) in [7, 11) is 0. The Morgan fingerprint density at radius 2 is 2.05 bits per heavy atom. The van der Waals surface area contributed by atoms with E-state index in [2.05, 4.69) is 21.2 Å². The van der Waals surface area contributed by atoms with E-state index in [4.69, 9.17) is 23.2 Å². The molecular formula is C14H16BrCl2NO. The van der Waals surface area contributed by atoms with Crippen LogP contribution in [0.25, 0.3) is 0 Å². The first-order valence-corrected chi connectivity index (χ1v) is 8.07. The van der Waals surface area contributed by atoms with E-state index in [-0.39, 0.29) is 11.3 Å². The average molecular weight is 365 g/mol. The number of alkyl halides is 1. The number of rotatable bonds is 4. The quantitative estimate of drug-likeness (QED) is 0.775. The van der Waals surface area contributed by atoms with Gasteiger partial charge in [0.1, 0.15) is 0 Å². The van der Waals surface area contributed by atoms with Gasteiger partial charge in [-0.25, -0.2) is 0 Å². The number of hydrogen-bond acceptors (Lipinski definition) is 1. The van der Waals surface area contributed by atoms with Gasteiger partial charge < -0.3 is 5.32 Å². The summed E-state index contributed by atoms with van der Waals surface area (Å²) >= 11 is 15.5. The van der Waals surface area contributed by atoms with Gasteiger partial charge in [0.25, 0.3) is 5.91 Å². The van der Waals surface area contributed by atoms with Crippen molar-refractivity contribution >= 4 is 45.0 Å². The Morgan fingerprint density at radius 3 is 2.68 bits per heavy atom. The molecule has 0 unspecified atom stereocenters. The van der Waals surface area contributed by atoms with Crippen molar-refractivity contribution in [3.05, 3.63) is 33.3 Å². The first-order valence-electron chi connectivity index (χ1n) is 6.36. The zero-order valence-corrected chi connectivity index (χ0v) is 13.6. The second kappa shape index (κ2) is 6.47. The predicted octanol–water partition coefficient (Wildman–Crippen LogP) is 4.63. The van der Waals surface area contributed by atoms with Gasteiger partial charge >= 0.3 is 0 Å². The number of carbonyl (C=O) groups excluding carboxylic acids is 1. The minimum absolute atomic E-state index is 0.0652. The fourth-order valence-electron chi connectivity index (χ4n) is 2.52. The van der Waals surface area contributed by atoms with Gasteiger partial charge in [0.15, 0.2) is 0 Å². The van der Waals surface area contributed by atoms with Crippen molar-refractivity contribution in [3.63, 3.8) is 0 Å². The molecule has 0 spiro atoms. The van der Waals surface area contributed by atoms with Crippen molar-refractivity contribution in [1.29, 1.82) is 0 Å². The molecular weight excluding hydrogens is 349 g/mol. The molecule has 0 radical (unpaired) electrons. The summed E-state index contributed by atoms with van der Waals surface area (Å²) in [6.07, 6.45) is 4.56. The maximum atomic E-state index is 12.2. The first-order chi connectivity index (χ1) is 9.08. The van der Waals surface area contributed by atoms with E-state index in [9.17, 15) is 4.79 Å². The molecule has 1 aromatic rings. The smallest absolute Gasteiger partial charge is 0.252 e. The molecule has 0 aliphatic heterocycles. The lowest BCUT2D eigenvalue weighted by Gasteiger charge is -2.26. The topological polar surface area (TPSA) is 29.1 Å². The fourth-order valence-corrected chi connectivity index (χ4v) is 3.46. The van der Waals surface area contributed by atoms with E-state index < -0.39 is 0 Å². The van der Waals surface area contributed by atoms with E-state index in [1.165, 1.54) is 12.8 Å². The van der Waals surface area contributed by atoms with Crippen LogP contribution >= 0.6 is 39.1 Å². The number of nitrogens with one attached hydrogen (secondary N) is 1. The predicted molar refractivity (Wildman–Crippen MR) is 83.1 cm³/mol. The van der Waals surface area contributed by atoms with Crippen molar-refractivity contribution in [2.24, 2.45) is 5.41 Å². The third-order valence-electron chi connectivity index (χ3n) is 3.77. The number of hydrogen-bond donors (Lipinski definition) is 1. The summed E-state index contributed by atoms with van der Waals surface area (Å²) < 4.78 is 0.731. The minimum Gasteiger partial charge on any atom is -0.351 e. The zero-order valence-electron chi connectivity index (χ0n) is 10.5. The van der Waals surface area contributed by atoms with Gasteiger partial charge in [-0.05, 0) is 40.9 Å². The maximum absolute atomic E-state index is 12.2. The van der Waals surface area contributed by atoms with Crippen LogP contribution < -0.4 is 5.32 Å². The Morgan fingerprint density at radius 1 is 1.37 bits per heavy atom. The van der Waals surface area contributed by atoms with Crippen molar-refractivity contribution in [2.45, 2.75) is 25.7 Å². The Kier molecular flexibility index (Phi) is 5.15. The monoisotopic (exact) mass is 363 g/mol. The van der Waals surface area contributed by atoms with Crippen LogP contribution in [0.1, 0.15) is 36.0 Å². The molecule has 5 heteroatoms. The van der Waals surface area contributed by atoms with Crippen molar-refractivity contribution < 1.29 is 4.79 Å². The standard InChI is InChI=1S/C14H16BrCl2NO/c15-11-5-3-4-10(12(11)17)13(19)18-9-14(8-16)6-1-2-7-14/h3-5H,1-2,6-9H2,(H,18,19). The molecule has 104 valence electrons. The highest BCUT2D eigenvalue weighted by Crippen LogP contribution is 2.38. The van der Waals surface area contributed by atoms with Crippen LogP contribution in [0.2, 0.25) is 5.02 Å². The number of benzene rings is 1. The molecule has 1 aliphatic rings. The van der Waals surface area contributed by atoms with E-state index >= 15 is 0 Å². The van der Waals surface area contributed by atoms with Crippen molar-refractivity contribution in [2.75, 3.05) is 12.4 Å². The molecule has 1 aromatic carbocycles. The number of halogens is 3. The maximum Gasteiger partial charge on any atom is 0.252 e. The van der Waals surface area contributed by atoms with Crippen molar-refractivity contribution in [1.82, 2.24) is 5.32 Å². The highest BCUT2D eigenvalue weighted by molar-refractivity contribution is 9.10. The summed E-state index contributed by atoms with van der Waals surface area (Å²) in [5, 5.41) is 3.42. The molecule has 0 heterocycles. The summed E-state index contributed by atoms with van der Waals surface area (Å²) in [5.41, 5.74) is 0.564. The molecule has 2 nitrogen and oxygen atoms in total. The molecule has 0 bridgehead atoms. The Hall–Kier alpha value is -0.250. The third-order valence-corrected chi connectivity index (χ3v) is 5.63. The summed E-state index contributed by atoms with van der Waals surface area (Å²) in [5.74, 6) is 0.460. The second-order valence-corrected chi connectivity index (χ2v) is 6.62. The van der Waals surface area contributed by atoms with Crippen LogP contribution in [-0.2, 0) is 0 Å². The Labute approximate surface area is 132 Å². The lowest BCUT2D eigenvalue weighted by Crippen LogP contribution is -2.37. The molecule has 1 fully saturated rings. The molecule has 0 atom stereocenters. The molecule has 0 saturated heterocycles.